The van der Waals surface area contributed by atoms with E-state index in [0.717, 1.165) is 51.6 Å². The number of hydrogen-bond acceptors (Lipinski definition) is 9. The molecule has 0 aromatic heterocycles. The Bertz CT molecular complexity index is 439. The molecule has 0 bridgehead atoms. The van der Waals surface area contributed by atoms with Crippen LogP contribution in [0.4, 0.5) is 0 Å². The summed E-state index contributed by atoms with van der Waals surface area (Å²) >= 11 is 0. The third-order valence-electron chi connectivity index (χ3n) is 4.91. The van der Waals surface area contributed by atoms with Crippen LogP contribution in [0.3, 0.4) is 0 Å². The maximum Gasteiger partial charge on any atom is 0.129 e. The average Bonchev–Trinajstić information content (AvgIpc) is 2.82. The summed E-state index contributed by atoms with van der Waals surface area (Å²) in [5, 5.41) is 0. The van der Waals surface area contributed by atoms with Crippen LogP contribution in [0.5, 0.6) is 0 Å². The van der Waals surface area contributed by atoms with Crippen molar-refractivity contribution in [1.82, 2.24) is 4.90 Å². The molecular formula is C25H49NO8. The SMILES string of the molecule is CCOCCOCCOCCOCCN(CCCCCC(C)=O)CCOCCOCCCC=O. The molecule has 0 spiro atoms. The minimum Gasteiger partial charge on any atom is -0.379 e. The van der Waals surface area contributed by atoms with Crippen LogP contribution in [-0.2, 0) is 38.0 Å². The Morgan fingerprint density at radius 2 is 1.12 bits per heavy atom. The van der Waals surface area contributed by atoms with Gasteiger partial charge in [0.1, 0.15) is 12.1 Å². The summed E-state index contributed by atoms with van der Waals surface area (Å²) in [6.07, 6.45) is 5.92. The molecule has 0 saturated heterocycles. The molecule has 0 aliphatic heterocycles. The Morgan fingerprint density at radius 3 is 1.62 bits per heavy atom. The first kappa shape index (κ1) is 33.1. The summed E-state index contributed by atoms with van der Waals surface area (Å²) < 4.78 is 32.9. The van der Waals surface area contributed by atoms with Crippen LogP contribution in [0.2, 0.25) is 0 Å². The number of unbranched alkanes of at least 4 members (excludes halogenated alkanes) is 3. The van der Waals surface area contributed by atoms with Gasteiger partial charge in [0.2, 0.25) is 0 Å². The van der Waals surface area contributed by atoms with Crippen molar-refractivity contribution >= 4 is 12.1 Å². The highest BCUT2D eigenvalue weighted by atomic mass is 16.6. The monoisotopic (exact) mass is 491 g/mol. The van der Waals surface area contributed by atoms with Crippen molar-refractivity contribution in [3.63, 3.8) is 0 Å². The topological polar surface area (TPSA) is 92.8 Å². The van der Waals surface area contributed by atoms with Crippen LogP contribution < -0.4 is 0 Å². The number of ketones is 1. The van der Waals surface area contributed by atoms with E-state index in [2.05, 4.69) is 4.90 Å². The molecule has 0 radical (unpaired) electrons. The van der Waals surface area contributed by atoms with Gasteiger partial charge >= 0.3 is 0 Å². The van der Waals surface area contributed by atoms with Crippen molar-refractivity contribution in [2.75, 3.05) is 98.9 Å². The first-order chi connectivity index (χ1) is 16.7. The predicted molar refractivity (Wildman–Crippen MR) is 131 cm³/mol. The highest BCUT2D eigenvalue weighted by Crippen LogP contribution is 2.03. The fourth-order valence-electron chi connectivity index (χ4n) is 3.00. The van der Waals surface area contributed by atoms with Crippen LogP contribution >= 0.6 is 0 Å². The number of carbonyl (C=O) groups is 2. The summed E-state index contributed by atoms with van der Waals surface area (Å²) in [4.78, 5) is 23.7. The van der Waals surface area contributed by atoms with E-state index in [1.165, 1.54) is 0 Å². The molecule has 34 heavy (non-hydrogen) atoms. The standard InChI is InChI=1S/C25H49NO8/c1-3-29-17-18-33-23-24-34-22-21-32-16-12-26(10-6-4-5-9-25(2)28)11-15-31-20-19-30-14-8-7-13-27/h13H,3-12,14-24H2,1-2H3. The minimum absolute atomic E-state index is 0.256. The van der Waals surface area contributed by atoms with E-state index in [4.69, 9.17) is 28.4 Å². The van der Waals surface area contributed by atoms with E-state index in [1.807, 2.05) is 6.92 Å². The van der Waals surface area contributed by atoms with Gasteiger partial charge in [-0.05, 0) is 39.7 Å². The van der Waals surface area contributed by atoms with Crippen LogP contribution in [0, 0.1) is 0 Å². The van der Waals surface area contributed by atoms with Gasteiger partial charge in [-0.15, -0.1) is 0 Å². The molecule has 0 saturated carbocycles. The molecule has 0 aromatic rings. The molecule has 202 valence electrons. The fraction of sp³-hybridized carbons (Fsp3) is 0.920. The van der Waals surface area contributed by atoms with E-state index < -0.39 is 0 Å². The lowest BCUT2D eigenvalue weighted by atomic mass is 10.1. The second kappa shape index (κ2) is 28.3. The smallest absolute Gasteiger partial charge is 0.129 e. The summed E-state index contributed by atoms with van der Waals surface area (Å²) in [7, 11) is 0. The molecule has 0 rings (SSSR count). The Labute approximate surface area is 206 Å². The van der Waals surface area contributed by atoms with Gasteiger partial charge in [0.15, 0.2) is 0 Å². The molecule has 0 unspecified atom stereocenters. The molecule has 0 aromatic carbocycles. The first-order valence-electron chi connectivity index (χ1n) is 12.8. The number of ether oxygens (including phenoxy) is 6. The van der Waals surface area contributed by atoms with Crippen LogP contribution in [-0.4, -0.2) is 116 Å². The lowest BCUT2D eigenvalue weighted by Crippen LogP contribution is -2.32. The molecule has 0 heterocycles. The zero-order valence-corrected chi connectivity index (χ0v) is 21.6. The summed E-state index contributed by atoms with van der Waals surface area (Å²) in [5.74, 6) is 0.256. The molecule has 9 heteroatoms. The zero-order valence-electron chi connectivity index (χ0n) is 21.6. The normalized spacial score (nSPS) is 11.4. The maximum absolute atomic E-state index is 11.1. The van der Waals surface area contributed by atoms with Crippen molar-refractivity contribution in [3.8, 4) is 0 Å². The Hall–Kier alpha value is -0.940. The van der Waals surface area contributed by atoms with Crippen molar-refractivity contribution in [2.24, 2.45) is 0 Å². The largest absolute Gasteiger partial charge is 0.379 e. The molecular weight excluding hydrogens is 442 g/mol. The fourth-order valence-corrected chi connectivity index (χ4v) is 3.00. The minimum atomic E-state index is 0.256. The number of nitrogens with zero attached hydrogens (tertiary/aromatic N) is 1. The van der Waals surface area contributed by atoms with Crippen molar-refractivity contribution in [3.05, 3.63) is 0 Å². The van der Waals surface area contributed by atoms with E-state index >= 15 is 0 Å². The number of rotatable bonds is 29. The highest BCUT2D eigenvalue weighted by Gasteiger charge is 2.06. The lowest BCUT2D eigenvalue weighted by molar-refractivity contribution is -0.117. The van der Waals surface area contributed by atoms with Gasteiger partial charge in [0.05, 0.1) is 66.1 Å². The Morgan fingerprint density at radius 1 is 0.618 bits per heavy atom. The Kier molecular flexibility index (Phi) is 27.5. The lowest BCUT2D eigenvalue weighted by Gasteiger charge is -2.22. The molecule has 0 N–H and O–H groups in total. The maximum atomic E-state index is 11.1. The van der Waals surface area contributed by atoms with Gasteiger partial charge in [0, 0.05) is 39.1 Å². The van der Waals surface area contributed by atoms with Crippen LogP contribution in [0.15, 0.2) is 0 Å². The van der Waals surface area contributed by atoms with Crippen molar-refractivity contribution < 1.29 is 38.0 Å². The second-order valence-electron chi connectivity index (χ2n) is 7.92. The molecule has 0 fully saturated rings. The number of aldehydes is 1. The van der Waals surface area contributed by atoms with Gasteiger partial charge < -0.3 is 38.0 Å². The van der Waals surface area contributed by atoms with E-state index in [-0.39, 0.29) is 5.78 Å². The van der Waals surface area contributed by atoms with Gasteiger partial charge in [-0.3, -0.25) is 4.90 Å². The number of carbonyl (C=O) groups excluding carboxylic acids is 2. The average molecular weight is 492 g/mol. The molecule has 0 aliphatic rings. The van der Waals surface area contributed by atoms with Gasteiger partial charge in [-0.25, -0.2) is 0 Å². The first-order valence-corrected chi connectivity index (χ1v) is 12.8. The van der Waals surface area contributed by atoms with E-state index in [0.29, 0.717) is 92.1 Å². The molecule has 0 aliphatic carbocycles. The number of hydrogen-bond donors (Lipinski definition) is 0. The Balaban J connectivity index is 3.80. The molecule has 9 nitrogen and oxygen atoms in total. The number of Topliss-reactive ketones (excluding diaryl/α,β-unsaturated/α-hetero) is 1. The highest BCUT2D eigenvalue weighted by molar-refractivity contribution is 5.75. The van der Waals surface area contributed by atoms with Crippen molar-refractivity contribution in [1.29, 1.82) is 0 Å². The molecule has 0 atom stereocenters. The zero-order chi connectivity index (χ0) is 25.0. The second-order valence-corrected chi connectivity index (χ2v) is 7.92. The summed E-state index contributed by atoms with van der Waals surface area (Å²) in [6.45, 7) is 13.4. The quantitative estimate of drug-likeness (QED) is 0.116. The van der Waals surface area contributed by atoms with Gasteiger partial charge in [-0.1, -0.05) is 6.42 Å². The predicted octanol–water partition coefficient (Wildman–Crippen LogP) is 2.54. The summed E-state index contributed by atoms with van der Waals surface area (Å²) in [5.41, 5.74) is 0. The van der Waals surface area contributed by atoms with Crippen LogP contribution in [0.25, 0.3) is 0 Å². The third kappa shape index (κ3) is 27.3. The molecule has 0 amide bonds. The van der Waals surface area contributed by atoms with E-state index in [1.54, 1.807) is 6.92 Å². The van der Waals surface area contributed by atoms with Crippen molar-refractivity contribution in [2.45, 2.75) is 52.4 Å². The van der Waals surface area contributed by atoms with Gasteiger partial charge in [-0.2, -0.15) is 0 Å². The summed E-state index contributed by atoms with van der Waals surface area (Å²) in [6, 6.07) is 0. The third-order valence-corrected chi connectivity index (χ3v) is 4.91. The van der Waals surface area contributed by atoms with Crippen LogP contribution in [0.1, 0.15) is 52.4 Å². The van der Waals surface area contributed by atoms with Gasteiger partial charge in [0.25, 0.3) is 0 Å². The van der Waals surface area contributed by atoms with E-state index in [9.17, 15) is 9.59 Å².